The molecule has 4 rings (SSSR count). The lowest BCUT2D eigenvalue weighted by Gasteiger charge is -2.20. The lowest BCUT2D eigenvalue weighted by atomic mass is 10.3. The molecule has 0 atom stereocenters. The largest absolute Gasteiger partial charge is 0.354 e. The molecule has 24 heavy (non-hydrogen) atoms. The van der Waals surface area contributed by atoms with Gasteiger partial charge in [-0.15, -0.1) is 0 Å². The van der Waals surface area contributed by atoms with Crippen molar-refractivity contribution < 1.29 is 0 Å². The Morgan fingerprint density at radius 2 is 1.83 bits per heavy atom. The van der Waals surface area contributed by atoms with Gasteiger partial charge in [0.15, 0.2) is 11.6 Å². The fourth-order valence-electron chi connectivity index (χ4n) is 3.00. The smallest absolute Gasteiger partial charge is 0.175 e. The highest BCUT2D eigenvalue weighted by Crippen LogP contribution is 2.30. The molecule has 7 nitrogen and oxygen atoms in total. The summed E-state index contributed by atoms with van der Waals surface area (Å²) in [7, 11) is 1.80. The molecule has 3 heterocycles. The van der Waals surface area contributed by atoms with Crippen LogP contribution in [0.5, 0.6) is 0 Å². The van der Waals surface area contributed by atoms with Crippen molar-refractivity contribution >= 4 is 28.5 Å². The molecule has 0 unspecified atom stereocenters. The third kappa shape index (κ3) is 2.42. The average Bonchev–Trinajstić information content (AvgIpc) is 3.25. The minimum Gasteiger partial charge on any atom is -0.354 e. The summed E-state index contributed by atoms with van der Waals surface area (Å²) in [5, 5.41) is 16.7. The van der Waals surface area contributed by atoms with E-state index in [1.165, 1.54) is 0 Å². The fourth-order valence-corrected chi connectivity index (χ4v) is 3.00. The Kier molecular flexibility index (Phi) is 3.50. The van der Waals surface area contributed by atoms with Gasteiger partial charge in [0, 0.05) is 20.1 Å². The maximum atomic E-state index is 9.27. The van der Waals surface area contributed by atoms with Crippen molar-refractivity contribution in [2.24, 2.45) is 7.05 Å². The van der Waals surface area contributed by atoms with E-state index in [0.717, 1.165) is 42.8 Å². The fraction of sp³-hybridized carbons (Fsp3) is 0.294. The number of nitriles is 1. The van der Waals surface area contributed by atoms with Crippen LogP contribution in [0.25, 0.3) is 11.0 Å². The Morgan fingerprint density at radius 1 is 1.12 bits per heavy atom. The minimum atomic E-state index is 0.486. The van der Waals surface area contributed by atoms with Crippen LogP contribution in [0.2, 0.25) is 0 Å². The predicted octanol–water partition coefficient (Wildman–Crippen LogP) is 2.58. The molecular formula is C17H17N7. The van der Waals surface area contributed by atoms with E-state index in [1.807, 2.05) is 24.3 Å². The van der Waals surface area contributed by atoms with Crippen LogP contribution in [0.1, 0.15) is 18.4 Å². The maximum absolute atomic E-state index is 9.27. The summed E-state index contributed by atoms with van der Waals surface area (Å²) in [5.74, 6) is 2.12. The van der Waals surface area contributed by atoms with Gasteiger partial charge in [0.25, 0.3) is 0 Å². The lowest BCUT2D eigenvalue weighted by molar-refractivity contribution is 0.775. The number of hydrogen-bond donors (Lipinski definition) is 1. The summed E-state index contributed by atoms with van der Waals surface area (Å²) in [4.78, 5) is 11.8. The highest BCUT2D eigenvalue weighted by Gasteiger charge is 2.21. The van der Waals surface area contributed by atoms with Gasteiger partial charge in [-0.1, -0.05) is 12.1 Å². The molecule has 1 aliphatic rings. The maximum Gasteiger partial charge on any atom is 0.175 e. The van der Waals surface area contributed by atoms with Gasteiger partial charge < -0.3 is 10.2 Å². The number of aromatic nitrogens is 4. The molecular weight excluding hydrogens is 302 g/mol. The van der Waals surface area contributed by atoms with Gasteiger partial charge in [-0.05, 0) is 25.0 Å². The second-order valence-electron chi connectivity index (χ2n) is 5.85. The molecule has 3 aromatic rings. The van der Waals surface area contributed by atoms with Gasteiger partial charge >= 0.3 is 0 Å². The normalized spacial score (nSPS) is 14.1. The molecule has 120 valence electrons. The van der Waals surface area contributed by atoms with Gasteiger partial charge in [-0.25, -0.2) is 9.97 Å². The molecule has 7 heteroatoms. The van der Waals surface area contributed by atoms with Crippen LogP contribution in [0.4, 0.5) is 17.5 Å². The molecule has 1 aromatic carbocycles. The summed E-state index contributed by atoms with van der Waals surface area (Å²) in [5.41, 5.74) is 2.18. The zero-order valence-electron chi connectivity index (χ0n) is 13.4. The van der Waals surface area contributed by atoms with E-state index in [-0.39, 0.29) is 0 Å². The molecule has 1 saturated heterocycles. The van der Waals surface area contributed by atoms with Crippen LogP contribution in [0, 0.1) is 11.3 Å². The van der Waals surface area contributed by atoms with Gasteiger partial charge in [0.1, 0.15) is 17.5 Å². The number of rotatable bonds is 3. The van der Waals surface area contributed by atoms with E-state index in [2.05, 4.69) is 21.4 Å². The summed E-state index contributed by atoms with van der Waals surface area (Å²) < 4.78 is 1.64. The van der Waals surface area contributed by atoms with Crippen LogP contribution in [0.15, 0.2) is 30.5 Å². The predicted molar refractivity (Wildman–Crippen MR) is 92.2 cm³/mol. The topological polar surface area (TPSA) is 82.7 Å². The number of para-hydroxylation sites is 2. The molecule has 0 saturated carbocycles. The van der Waals surface area contributed by atoms with Crippen LogP contribution in [0.3, 0.4) is 0 Å². The number of nitrogens with zero attached hydrogens (tertiary/aromatic N) is 6. The number of anilines is 3. The van der Waals surface area contributed by atoms with E-state index in [1.54, 1.807) is 17.9 Å². The first kappa shape index (κ1) is 14.5. The summed E-state index contributed by atoms with van der Waals surface area (Å²) in [6.07, 6.45) is 3.86. The highest BCUT2D eigenvalue weighted by molar-refractivity contribution is 5.82. The van der Waals surface area contributed by atoms with Crippen molar-refractivity contribution in [1.29, 1.82) is 5.26 Å². The first-order chi connectivity index (χ1) is 11.8. The Hall–Kier alpha value is -3.14. The Labute approximate surface area is 139 Å². The lowest BCUT2D eigenvalue weighted by Crippen LogP contribution is -2.21. The van der Waals surface area contributed by atoms with E-state index < -0.39 is 0 Å². The van der Waals surface area contributed by atoms with E-state index >= 15 is 0 Å². The molecule has 0 aliphatic carbocycles. The Bertz CT molecular complexity index is 932. The Morgan fingerprint density at radius 3 is 2.54 bits per heavy atom. The van der Waals surface area contributed by atoms with Crippen LogP contribution >= 0.6 is 0 Å². The first-order valence-corrected chi connectivity index (χ1v) is 7.97. The van der Waals surface area contributed by atoms with Gasteiger partial charge in [-0.2, -0.15) is 10.4 Å². The second-order valence-corrected chi connectivity index (χ2v) is 5.85. The quantitative estimate of drug-likeness (QED) is 0.799. The summed E-state index contributed by atoms with van der Waals surface area (Å²) in [6, 6.07) is 9.97. The third-order valence-corrected chi connectivity index (χ3v) is 4.25. The average molecular weight is 319 g/mol. The zero-order valence-corrected chi connectivity index (χ0v) is 13.4. The second kappa shape index (κ2) is 5.81. The monoisotopic (exact) mass is 319 g/mol. The molecule has 0 bridgehead atoms. The van der Waals surface area contributed by atoms with E-state index in [9.17, 15) is 5.26 Å². The minimum absolute atomic E-state index is 0.486. The van der Waals surface area contributed by atoms with Crippen LogP contribution in [-0.4, -0.2) is 32.8 Å². The number of fused-ring (bicyclic) bond motifs is 1. The molecule has 1 aliphatic heterocycles. The molecule has 1 fully saturated rings. The third-order valence-electron chi connectivity index (χ3n) is 4.25. The molecule has 0 spiro atoms. The molecule has 0 amide bonds. The van der Waals surface area contributed by atoms with Crippen molar-refractivity contribution in [1.82, 2.24) is 19.7 Å². The van der Waals surface area contributed by atoms with Gasteiger partial charge in [-0.3, -0.25) is 4.68 Å². The van der Waals surface area contributed by atoms with Crippen LogP contribution < -0.4 is 10.2 Å². The molecule has 0 radical (unpaired) electrons. The summed E-state index contributed by atoms with van der Waals surface area (Å²) in [6.45, 7) is 1.94. The SMILES string of the molecule is Cn1ncc(C#N)c1Nc1nc2ccccc2nc1N1CCCC1. The van der Waals surface area contributed by atoms with Crippen molar-refractivity contribution in [2.75, 3.05) is 23.3 Å². The van der Waals surface area contributed by atoms with Crippen molar-refractivity contribution in [3.05, 3.63) is 36.0 Å². The molecule has 1 N–H and O–H groups in total. The standard InChI is InChI=1S/C17H17N7/c1-23-16(12(10-18)11-19-23)22-15-17(24-8-4-5-9-24)21-14-7-3-2-6-13(14)20-15/h2-3,6-7,11H,4-5,8-9H2,1H3,(H,20,22). The van der Waals surface area contributed by atoms with Crippen molar-refractivity contribution in [3.63, 3.8) is 0 Å². The van der Waals surface area contributed by atoms with Crippen molar-refractivity contribution in [3.8, 4) is 6.07 Å². The van der Waals surface area contributed by atoms with Crippen LogP contribution in [-0.2, 0) is 7.05 Å². The number of nitrogens with one attached hydrogen (secondary N) is 1. The number of benzene rings is 1. The van der Waals surface area contributed by atoms with Gasteiger partial charge in [0.2, 0.25) is 0 Å². The number of hydrogen-bond acceptors (Lipinski definition) is 6. The highest BCUT2D eigenvalue weighted by atomic mass is 15.3. The first-order valence-electron chi connectivity index (χ1n) is 7.97. The van der Waals surface area contributed by atoms with Gasteiger partial charge in [0.05, 0.1) is 17.2 Å². The number of aryl methyl sites for hydroxylation is 1. The summed E-state index contributed by atoms with van der Waals surface area (Å²) >= 11 is 0. The Balaban J connectivity index is 1.84. The zero-order chi connectivity index (χ0) is 16.5. The molecule has 2 aromatic heterocycles. The van der Waals surface area contributed by atoms with Crippen molar-refractivity contribution in [2.45, 2.75) is 12.8 Å². The van der Waals surface area contributed by atoms with E-state index in [4.69, 9.17) is 9.97 Å². The van der Waals surface area contributed by atoms with E-state index in [0.29, 0.717) is 17.2 Å².